The van der Waals surface area contributed by atoms with Gasteiger partial charge in [-0.2, -0.15) is 0 Å². The molecular weight excluding hydrogens is 350 g/mol. The van der Waals surface area contributed by atoms with E-state index in [4.69, 9.17) is 0 Å². The molecule has 1 aliphatic rings. The fourth-order valence-electron chi connectivity index (χ4n) is 3.41. The van der Waals surface area contributed by atoms with E-state index in [1.807, 2.05) is 18.2 Å². The molecular formula is C22H37N5O. The third-order valence-corrected chi connectivity index (χ3v) is 5.39. The topological polar surface area (TPSA) is 60.0 Å². The summed E-state index contributed by atoms with van der Waals surface area (Å²) in [5, 5.41) is 6.86. The Morgan fingerprint density at radius 1 is 1.14 bits per heavy atom. The Labute approximate surface area is 170 Å². The summed E-state index contributed by atoms with van der Waals surface area (Å²) < 4.78 is 0. The summed E-state index contributed by atoms with van der Waals surface area (Å²) >= 11 is 0. The number of hydrogen-bond donors (Lipinski definition) is 2. The van der Waals surface area contributed by atoms with Gasteiger partial charge in [0.15, 0.2) is 5.96 Å². The van der Waals surface area contributed by atoms with Crippen molar-refractivity contribution in [2.24, 2.45) is 4.99 Å². The van der Waals surface area contributed by atoms with Crippen LogP contribution in [-0.4, -0.2) is 68.0 Å². The zero-order chi connectivity index (χ0) is 20.4. The first kappa shape index (κ1) is 22.2. The SMILES string of the molecule is CC(NC(=NCC(=O)N(C)C)NCCC(C)N1CCCCC1)c1ccccc1. The van der Waals surface area contributed by atoms with E-state index in [-0.39, 0.29) is 18.5 Å². The zero-order valence-electron chi connectivity index (χ0n) is 17.9. The molecule has 1 aromatic carbocycles. The van der Waals surface area contributed by atoms with Crippen LogP contribution in [0.1, 0.15) is 51.1 Å². The van der Waals surface area contributed by atoms with Gasteiger partial charge in [-0.25, -0.2) is 4.99 Å². The van der Waals surface area contributed by atoms with Crippen molar-refractivity contribution in [2.75, 3.05) is 40.3 Å². The predicted octanol–water partition coefficient (Wildman–Crippen LogP) is 2.64. The molecule has 0 aliphatic carbocycles. The molecule has 0 aromatic heterocycles. The summed E-state index contributed by atoms with van der Waals surface area (Å²) in [4.78, 5) is 20.6. The monoisotopic (exact) mass is 387 g/mol. The number of hydrogen-bond acceptors (Lipinski definition) is 3. The van der Waals surface area contributed by atoms with Crippen molar-refractivity contribution in [1.29, 1.82) is 0 Å². The number of amides is 1. The fraction of sp³-hybridized carbons (Fsp3) is 0.636. The molecule has 6 heteroatoms. The number of likely N-dealkylation sites (tertiary alicyclic amines) is 1. The first-order valence-electron chi connectivity index (χ1n) is 10.5. The Hall–Kier alpha value is -2.08. The molecule has 2 atom stereocenters. The van der Waals surface area contributed by atoms with Gasteiger partial charge < -0.3 is 20.4 Å². The van der Waals surface area contributed by atoms with Crippen LogP contribution in [0.3, 0.4) is 0 Å². The van der Waals surface area contributed by atoms with Crippen LogP contribution in [0.15, 0.2) is 35.3 Å². The minimum atomic E-state index is -0.00449. The number of likely N-dealkylation sites (N-methyl/N-ethyl adjacent to an activating group) is 1. The second kappa shape index (κ2) is 11.7. The molecule has 1 aromatic rings. The fourth-order valence-corrected chi connectivity index (χ4v) is 3.41. The molecule has 1 heterocycles. The number of rotatable bonds is 8. The predicted molar refractivity (Wildman–Crippen MR) is 116 cm³/mol. The minimum Gasteiger partial charge on any atom is -0.356 e. The van der Waals surface area contributed by atoms with E-state index in [0.717, 1.165) is 13.0 Å². The van der Waals surface area contributed by atoms with Crippen LogP contribution in [0.4, 0.5) is 0 Å². The molecule has 1 saturated heterocycles. The number of carbonyl (C=O) groups is 1. The van der Waals surface area contributed by atoms with Gasteiger partial charge >= 0.3 is 0 Å². The number of carbonyl (C=O) groups excluding carboxylic acids is 1. The highest BCUT2D eigenvalue weighted by atomic mass is 16.2. The van der Waals surface area contributed by atoms with Gasteiger partial charge in [0.2, 0.25) is 5.91 Å². The highest BCUT2D eigenvalue weighted by molar-refractivity contribution is 5.85. The van der Waals surface area contributed by atoms with Gasteiger partial charge in [-0.1, -0.05) is 36.8 Å². The molecule has 28 heavy (non-hydrogen) atoms. The highest BCUT2D eigenvalue weighted by Crippen LogP contribution is 2.14. The van der Waals surface area contributed by atoms with E-state index in [1.165, 1.54) is 37.9 Å². The number of piperidine rings is 1. The van der Waals surface area contributed by atoms with Crippen molar-refractivity contribution < 1.29 is 4.79 Å². The van der Waals surface area contributed by atoms with Crippen LogP contribution in [0.5, 0.6) is 0 Å². The average molecular weight is 388 g/mol. The summed E-state index contributed by atoms with van der Waals surface area (Å²) in [7, 11) is 3.51. The number of nitrogens with zero attached hydrogens (tertiary/aromatic N) is 3. The molecule has 1 fully saturated rings. The lowest BCUT2D eigenvalue weighted by molar-refractivity contribution is -0.127. The Morgan fingerprint density at radius 2 is 1.82 bits per heavy atom. The van der Waals surface area contributed by atoms with Gasteiger partial charge in [0.1, 0.15) is 6.54 Å². The van der Waals surface area contributed by atoms with Gasteiger partial charge in [0, 0.05) is 26.7 Å². The third kappa shape index (κ3) is 7.50. The number of nitrogens with one attached hydrogen (secondary N) is 2. The lowest BCUT2D eigenvalue weighted by Gasteiger charge is -2.32. The van der Waals surface area contributed by atoms with Crippen molar-refractivity contribution >= 4 is 11.9 Å². The van der Waals surface area contributed by atoms with E-state index in [0.29, 0.717) is 12.0 Å². The maximum atomic E-state index is 11.9. The summed E-state index contributed by atoms with van der Waals surface area (Å²) in [6.45, 7) is 7.81. The Morgan fingerprint density at radius 3 is 2.46 bits per heavy atom. The Balaban J connectivity index is 1.91. The summed E-state index contributed by atoms with van der Waals surface area (Å²) in [5.74, 6) is 0.688. The van der Waals surface area contributed by atoms with E-state index >= 15 is 0 Å². The van der Waals surface area contributed by atoms with Crippen LogP contribution in [-0.2, 0) is 4.79 Å². The van der Waals surface area contributed by atoms with Gasteiger partial charge in [-0.3, -0.25) is 4.79 Å². The van der Waals surface area contributed by atoms with Gasteiger partial charge in [0.25, 0.3) is 0 Å². The second-order valence-corrected chi connectivity index (χ2v) is 7.89. The van der Waals surface area contributed by atoms with Gasteiger partial charge in [-0.15, -0.1) is 0 Å². The van der Waals surface area contributed by atoms with Crippen molar-refractivity contribution in [3.8, 4) is 0 Å². The maximum Gasteiger partial charge on any atom is 0.243 e. The molecule has 0 saturated carbocycles. The van der Waals surface area contributed by atoms with Gasteiger partial charge in [0.05, 0.1) is 6.04 Å². The number of aliphatic imine (C=N–C) groups is 1. The van der Waals surface area contributed by atoms with Crippen LogP contribution in [0.2, 0.25) is 0 Å². The normalized spacial score (nSPS) is 17.6. The van der Waals surface area contributed by atoms with E-state index < -0.39 is 0 Å². The van der Waals surface area contributed by atoms with Crippen molar-refractivity contribution in [3.05, 3.63) is 35.9 Å². The van der Waals surface area contributed by atoms with Crippen molar-refractivity contribution in [1.82, 2.24) is 20.4 Å². The minimum absolute atomic E-state index is 0.00449. The van der Waals surface area contributed by atoms with E-state index in [1.54, 1.807) is 19.0 Å². The van der Waals surface area contributed by atoms with Crippen molar-refractivity contribution in [2.45, 2.75) is 51.6 Å². The van der Waals surface area contributed by atoms with Crippen LogP contribution in [0.25, 0.3) is 0 Å². The number of guanidine groups is 1. The maximum absolute atomic E-state index is 11.9. The smallest absolute Gasteiger partial charge is 0.243 e. The van der Waals surface area contributed by atoms with Crippen LogP contribution >= 0.6 is 0 Å². The second-order valence-electron chi connectivity index (χ2n) is 7.89. The Bertz CT molecular complexity index is 611. The summed E-state index contributed by atoms with van der Waals surface area (Å²) in [5.41, 5.74) is 1.19. The van der Waals surface area contributed by atoms with E-state index in [9.17, 15) is 4.79 Å². The first-order chi connectivity index (χ1) is 13.5. The largest absolute Gasteiger partial charge is 0.356 e. The summed E-state index contributed by atoms with van der Waals surface area (Å²) in [6, 6.07) is 10.9. The quantitative estimate of drug-likeness (QED) is 0.532. The molecule has 0 bridgehead atoms. The first-order valence-corrected chi connectivity index (χ1v) is 10.5. The van der Waals surface area contributed by atoms with Crippen LogP contribution in [0, 0.1) is 0 Å². The molecule has 2 unspecified atom stereocenters. The molecule has 2 rings (SSSR count). The van der Waals surface area contributed by atoms with E-state index in [2.05, 4.69) is 46.5 Å². The average Bonchev–Trinajstić information content (AvgIpc) is 2.72. The standard InChI is InChI=1S/C22H37N5O/c1-18(27-15-9-6-10-16-27)13-14-23-22(24-17-21(28)26(3)4)25-19(2)20-11-7-5-8-12-20/h5,7-8,11-12,18-19H,6,9-10,13-17H2,1-4H3,(H2,23,24,25). The molecule has 0 radical (unpaired) electrons. The lowest BCUT2D eigenvalue weighted by atomic mass is 10.1. The number of benzene rings is 1. The zero-order valence-corrected chi connectivity index (χ0v) is 17.9. The molecule has 156 valence electrons. The lowest BCUT2D eigenvalue weighted by Crippen LogP contribution is -2.43. The highest BCUT2D eigenvalue weighted by Gasteiger charge is 2.16. The molecule has 0 spiro atoms. The third-order valence-electron chi connectivity index (χ3n) is 5.39. The molecule has 6 nitrogen and oxygen atoms in total. The molecule has 1 aliphatic heterocycles. The molecule has 2 N–H and O–H groups in total. The molecule has 1 amide bonds. The van der Waals surface area contributed by atoms with Crippen molar-refractivity contribution in [3.63, 3.8) is 0 Å². The van der Waals surface area contributed by atoms with Gasteiger partial charge in [-0.05, 0) is 51.8 Å². The van der Waals surface area contributed by atoms with Crippen LogP contribution < -0.4 is 10.6 Å². The summed E-state index contributed by atoms with van der Waals surface area (Å²) in [6.07, 6.45) is 5.04. The Kier molecular flexibility index (Phi) is 9.28.